The molecule has 1 aromatic carbocycles. The molecule has 0 aliphatic heterocycles. The second-order valence-electron chi connectivity index (χ2n) is 4.68. The predicted octanol–water partition coefficient (Wildman–Crippen LogP) is 4.88. The number of aliphatic hydroxyl groups is 1. The Morgan fingerprint density at radius 3 is 2.00 bits per heavy atom. The molecule has 0 unspecified atom stereocenters. The van der Waals surface area contributed by atoms with Crippen LogP contribution in [0.3, 0.4) is 0 Å². The molecule has 0 spiro atoms. The lowest BCUT2D eigenvalue weighted by molar-refractivity contribution is 0.367. The van der Waals surface area contributed by atoms with Crippen LogP contribution in [0.15, 0.2) is 30.3 Å². The van der Waals surface area contributed by atoms with E-state index in [4.69, 9.17) is 5.11 Å². The van der Waals surface area contributed by atoms with Crippen LogP contribution < -0.4 is 0 Å². The van der Waals surface area contributed by atoms with E-state index in [1.807, 2.05) is 0 Å². The smallest absolute Gasteiger partial charge is 0.0799 e. The van der Waals surface area contributed by atoms with Crippen LogP contribution in [0, 0.1) is 6.61 Å². The lowest BCUT2D eigenvalue weighted by atomic mass is 10.0. The van der Waals surface area contributed by atoms with Crippen LogP contribution in [0.5, 0.6) is 0 Å². The first kappa shape index (κ1) is 14.2. The third-order valence-electron chi connectivity index (χ3n) is 3.14. The van der Waals surface area contributed by atoms with Crippen LogP contribution in [0.4, 0.5) is 0 Å². The number of unbranched alkanes of at least 4 members (excludes halogenated alkanes) is 7. The Morgan fingerprint density at radius 1 is 0.765 bits per heavy atom. The zero-order chi connectivity index (χ0) is 12.2. The average Bonchev–Trinajstić information content (AvgIpc) is 2.38. The van der Waals surface area contributed by atoms with Gasteiger partial charge in [0.2, 0.25) is 0 Å². The van der Waals surface area contributed by atoms with Gasteiger partial charge in [0, 0.05) is 0 Å². The molecule has 0 aromatic heterocycles. The van der Waals surface area contributed by atoms with E-state index in [0.717, 1.165) is 12.8 Å². The monoisotopic (exact) mass is 233 g/mol. The predicted molar refractivity (Wildman–Crippen MR) is 73.3 cm³/mol. The van der Waals surface area contributed by atoms with Gasteiger partial charge in [-0.25, -0.2) is 0 Å². The van der Waals surface area contributed by atoms with Gasteiger partial charge < -0.3 is 5.11 Å². The van der Waals surface area contributed by atoms with Gasteiger partial charge in [0.25, 0.3) is 0 Å². The van der Waals surface area contributed by atoms with Crippen LogP contribution >= 0.6 is 0 Å². The van der Waals surface area contributed by atoms with Gasteiger partial charge >= 0.3 is 0 Å². The standard InChI is InChI=1S/C16H25O/c17-15-11-6-4-2-1-3-5-8-12-16-13-9-7-10-14-16/h7,9-10,13-15,17H,1-6,8,11-12H2. The van der Waals surface area contributed by atoms with Gasteiger partial charge in [-0.1, -0.05) is 68.9 Å². The summed E-state index contributed by atoms with van der Waals surface area (Å²) in [5, 5.41) is 8.52. The van der Waals surface area contributed by atoms with Gasteiger partial charge in [-0.15, -0.1) is 0 Å². The highest BCUT2D eigenvalue weighted by atomic mass is 16.2. The highest BCUT2D eigenvalue weighted by Gasteiger charge is 1.94. The Labute approximate surface area is 106 Å². The number of hydrogen-bond acceptors (Lipinski definition) is 1. The van der Waals surface area contributed by atoms with Crippen molar-refractivity contribution in [1.82, 2.24) is 0 Å². The summed E-state index contributed by atoms with van der Waals surface area (Å²) in [6.07, 6.45) is 11.2. The van der Waals surface area contributed by atoms with Crippen molar-refractivity contribution >= 4 is 0 Å². The SMILES string of the molecule is O[CH]CCCCCCCCCc1ccccc1. The van der Waals surface area contributed by atoms with Crippen molar-refractivity contribution in [2.75, 3.05) is 0 Å². The third-order valence-corrected chi connectivity index (χ3v) is 3.14. The molecular weight excluding hydrogens is 208 g/mol. The van der Waals surface area contributed by atoms with Gasteiger partial charge in [0.05, 0.1) is 6.61 Å². The number of benzene rings is 1. The molecule has 0 aliphatic carbocycles. The molecule has 0 saturated carbocycles. The zero-order valence-corrected chi connectivity index (χ0v) is 10.8. The van der Waals surface area contributed by atoms with Crippen molar-refractivity contribution in [3.63, 3.8) is 0 Å². The fourth-order valence-corrected chi connectivity index (χ4v) is 2.09. The molecule has 0 fully saturated rings. The highest BCUT2D eigenvalue weighted by molar-refractivity contribution is 5.14. The maximum atomic E-state index is 8.52. The minimum Gasteiger partial charge on any atom is -0.390 e. The van der Waals surface area contributed by atoms with Crippen LogP contribution in [-0.4, -0.2) is 5.11 Å². The molecule has 1 N–H and O–H groups in total. The molecule has 0 amide bonds. The van der Waals surface area contributed by atoms with E-state index in [-0.39, 0.29) is 0 Å². The first-order chi connectivity index (χ1) is 8.43. The summed E-state index contributed by atoms with van der Waals surface area (Å²) in [4.78, 5) is 0. The molecular formula is C16H25O. The molecule has 1 heteroatoms. The van der Waals surface area contributed by atoms with E-state index >= 15 is 0 Å². The summed E-state index contributed by atoms with van der Waals surface area (Å²) in [6, 6.07) is 10.7. The second-order valence-corrected chi connectivity index (χ2v) is 4.68. The van der Waals surface area contributed by atoms with Crippen molar-refractivity contribution in [3.05, 3.63) is 42.5 Å². The minimum atomic E-state index is 0.855. The van der Waals surface area contributed by atoms with Gasteiger partial charge in [0.1, 0.15) is 0 Å². The molecule has 17 heavy (non-hydrogen) atoms. The van der Waals surface area contributed by atoms with Gasteiger partial charge in [-0.05, 0) is 24.8 Å². The summed E-state index contributed by atoms with van der Waals surface area (Å²) in [6.45, 7) is 1.28. The lowest BCUT2D eigenvalue weighted by Crippen LogP contribution is -1.86. The average molecular weight is 233 g/mol. The fourth-order valence-electron chi connectivity index (χ4n) is 2.09. The third kappa shape index (κ3) is 7.98. The van der Waals surface area contributed by atoms with E-state index in [1.165, 1.54) is 57.1 Å². The van der Waals surface area contributed by atoms with E-state index in [9.17, 15) is 0 Å². The van der Waals surface area contributed by atoms with Crippen molar-refractivity contribution in [2.45, 2.75) is 57.8 Å². The first-order valence-electron chi connectivity index (χ1n) is 6.93. The Morgan fingerprint density at radius 2 is 1.35 bits per heavy atom. The maximum absolute atomic E-state index is 8.52. The summed E-state index contributed by atoms with van der Waals surface area (Å²) < 4.78 is 0. The van der Waals surface area contributed by atoms with Crippen molar-refractivity contribution in [3.8, 4) is 0 Å². The quantitative estimate of drug-likeness (QED) is 0.571. The number of hydrogen-bond donors (Lipinski definition) is 1. The Balaban J connectivity index is 1.85. The van der Waals surface area contributed by atoms with E-state index in [2.05, 4.69) is 30.3 Å². The molecule has 1 rings (SSSR count). The summed E-state index contributed by atoms with van der Waals surface area (Å²) >= 11 is 0. The fraction of sp³-hybridized carbons (Fsp3) is 0.562. The molecule has 0 heterocycles. The molecule has 1 aromatic rings. The van der Waals surface area contributed by atoms with Crippen molar-refractivity contribution in [2.24, 2.45) is 0 Å². The Bertz CT molecular complexity index is 255. The van der Waals surface area contributed by atoms with E-state index in [0.29, 0.717) is 0 Å². The molecule has 0 atom stereocenters. The number of aryl methyl sites for hydroxylation is 1. The zero-order valence-electron chi connectivity index (χ0n) is 10.8. The molecule has 0 saturated heterocycles. The highest BCUT2D eigenvalue weighted by Crippen LogP contribution is 2.11. The maximum Gasteiger partial charge on any atom is 0.0799 e. The largest absolute Gasteiger partial charge is 0.390 e. The molecule has 0 aliphatic rings. The molecule has 1 nitrogen and oxygen atoms in total. The van der Waals surface area contributed by atoms with Crippen LogP contribution in [0.2, 0.25) is 0 Å². The first-order valence-corrected chi connectivity index (χ1v) is 6.93. The van der Waals surface area contributed by atoms with Gasteiger partial charge in [0.15, 0.2) is 0 Å². The molecule has 0 bridgehead atoms. The summed E-state index contributed by atoms with van der Waals surface area (Å²) in [7, 11) is 0. The van der Waals surface area contributed by atoms with Crippen molar-refractivity contribution < 1.29 is 5.11 Å². The van der Waals surface area contributed by atoms with Crippen LogP contribution in [-0.2, 0) is 6.42 Å². The topological polar surface area (TPSA) is 20.2 Å². The number of rotatable bonds is 10. The van der Waals surface area contributed by atoms with Crippen LogP contribution in [0.25, 0.3) is 0 Å². The van der Waals surface area contributed by atoms with Crippen LogP contribution in [0.1, 0.15) is 56.9 Å². The van der Waals surface area contributed by atoms with Crippen molar-refractivity contribution in [1.29, 1.82) is 0 Å². The summed E-state index contributed by atoms with van der Waals surface area (Å²) in [5.74, 6) is 0. The van der Waals surface area contributed by atoms with Gasteiger partial charge in [-0.3, -0.25) is 0 Å². The van der Waals surface area contributed by atoms with E-state index in [1.54, 1.807) is 0 Å². The molecule has 1 radical (unpaired) electrons. The van der Waals surface area contributed by atoms with Gasteiger partial charge in [-0.2, -0.15) is 0 Å². The van der Waals surface area contributed by atoms with E-state index < -0.39 is 0 Å². The Hall–Kier alpha value is -0.820. The summed E-state index contributed by atoms with van der Waals surface area (Å²) in [5.41, 5.74) is 1.46. The second kappa shape index (κ2) is 10.3. The minimum absolute atomic E-state index is 0.855. The Kier molecular flexibility index (Phi) is 8.66. The molecule has 95 valence electrons. The normalized spacial score (nSPS) is 10.6. The lowest BCUT2D eigenvalue weighted by Gasteiger charge is -2.02. The number of aliphatic hydroxyl groups excluding tert-OH is 1.